The fourth-order valence-corrected chi connectivity index (χ4v) is 4.30. The van der Waals surface area contributed by atoms with Gasteiger partial charge in [-0.2, -0.15) is 0 Å². The fourth-order valence-electron chi connectivity index (χ4n) is 2.99. The summed E-state index contributed by atoms with van der Waals surface area (Å²) in [4.78, 5) is 49.2. The third kappa shape index (κ3) is 6.27. The molecule has 1 heterocycles. The van der Waals surface area contributed by atoms with E-state index in [1.165, 1.54) is 48.0 Å². The molecule has 0 aromatic heterocycles. The van der Waals surface area contributed by atoms with Gasteiger partial charge in [-0.25, -0.2) is 9.59 Å². The topological polar surface area (TPSA) is 113 Å². The number of carbonyl (C=O) groups excluding carboxylic acids is 3. The first-order valence-electron chi connectivity index (χ1n) is 9.85. The maximum absolute atomic E-state index is 12.7. The molecule has 1 aliphatic heterocycles. The largest absolute Gasteiger partial charge is 0.478 e. The average molecular weight is 485 g/mol. The molecular weight excluding hydrogens is 464 g/mol. The quantitative estimate of drug-likeness (QED) is 0.331. The van der Waals surface area contributed by atoms with E-state index in [1.54, 1.807) is 30.3 Å². The zero-order valence-electron chi connectivity index (χ0n) is 17.6. The molecule has 0 atom stereocenters. The van der Waals surface area contributed by atoms with Crippen LogP contribution in [0.1, 0.15) is 39.1 Å². The lowest BCUT2D eigenvalue weighted by molar-refractivity contribution is -0.122. The molecule has 0 aliphatic carbocycles. The Labute approximate surface area is 199 Å². The van der Waals surface area contributed by atoms with E-state index in [-0.39, 0.29) is 23.8 Å². The van der Waals surface area contributed by atoms with E-state index in [9.17, 15) is 19.2 Å². The zero-order valence-corrected chi connectivity index (χ0v) is 19.2. The maximum Gasteiger partial charge on any atom is 0.337 e. The summed E-state index contributed by atoms with van der Waals surface area (Å²) in [6, 6.07) is 12.5. The Morgan fingerprint density at radius 1 is 1.09 bits per heavy atom. The fraction of sp³-hybridized carbons (Fsp3) is 0.174. The van der Waals surface area contributed by atoms with Crippen molar-refractivity contribution in [2.75, 3.05) is 19.0 Å². The molecule has 0 spiro atoms. The van der Waals surface area contributed by atoms with Gasteiger partial charge in [-0.3, -0.25) is 14.5 Å². The molecule has 0 unspecified atom stereocenters. The van der Waals surface area contributed by atoms with Gasteiger partial charge in [0.15, 0.2) is 0 Å². The Kier molecular flexibility index (Phi) is 7.96. The summed E-state index contributed by atoms with van der Waals surface area (Å²) in [6.07, 6.45) is 2.28. The number of hydrogen-bond acceptors (Lipinski definition) is 7. The highest BCUT2D eigenvalue weighted by Gasteiger charge is 2.31. The zero-order chi connectivity index (χ0) is 24.0. The van der Waals surface area contributed by atoms with E-state index < -0.39 is 11.9 Å². The number of rotatable bonds is 8. The van der Waals surface area contributed by atoms with Crippen LogP contribution in [-0.4, -0.2) is 51.7 Å². The third-order valence-corrected chi connectivity index (χ3v) is 6.08. The molecule has 3 rings (SSSR count). The third-order valence-electron chi connectivity index (χ3n) is 4.70. The Morgan fingerprint density at radius 3 is 2.33 bits per heavy atom. The lowest BCUT2D eigenvalue weighted by Gasteiger charge is -2.14. The van der Waals surface area contributed by atoms with Gasteiger partial charge >= 0.3 is 11.9 Å². The van der Waals surface area contributed by atoms with E-state index >= 15 is 0 Å². The highest BCUT2D eigenvalue weighted by Crippen LogP contribution is 2.32. The summed E-state index contributed by atoms with van der Waals surface area (Å²) < 4.78 is 5.09. The molecule has 0 radical (unpaired) electrons. The highest BCUT2D eigenvalue weighted by atomic mass is 32.2. The van der Waals surface area contributed by atoms with Crippen molar-refractivity contribution < 1.29 is 29.0 Å². The number of carboxylic acids is 1. The van der Waals surface area contributed by atoms with E-state index in [1.807, 2.05) is 0 Å². The van der Waals surface area contributed by atoms with E-state index in [2.05, 4.69) is 10.1 Å². The molecule has 2 aromatic carbocycles. The number of nitrogens with zero attached hydrogens (tertiary/aromatic N) is 1. The van der Waals surface area contributed by atoms with Crippen molar-refractivity contribution in [1.82, 2.24) is 4.90 Å². The Bertz CT molecular complexity index is 1130. The van der Waals surface area contributed by atoms with Crippen molar-refractivity contribution in [3.05, 3.63) is 70.1 Å². The molecule has 10 heteroatoms. The van der Waals surface area contributed by atoms with E-state index in [4.69, 9.17) is 17.3 Å². The number of carbonyl (C=O) groups is 4. The Balaban J connectivity index is 1.52. The van der Waals surface area contributed by atoms with Gasteiger partial charge in [-0.1, -0.05) is 36.1 Å². The molecule has 1 fully saturated rings. The summed E-state index contributed by atoms with van der Waals surface area (Å²) in [6.45, 7) is 0.300. The summed E-state index contributed by atoms with van der Waals surface area (Å²) in [5.74, 6) is -1.95. The van der Waals surface area contributed by atoms with Crippen LogP contribution >= 0.6 is 24.0 Å². The minimum atomic E-state index is -1.04. The van der Waals surface area contributed by atoms with Gasteiger partial charge in [-0.05, 0) is 54.5 Å². The van der Waals surface area contributed by atoms with Crippen molar-refractivity contribution in [2.24, 2.45) is 0 Å². The lowest BCUT2D eigenvalue weighted by atomic mass is 10.1. The van der Waals surface area contributed by atoms with Crippen LogP contribution in [0.5, 0.6) is 0 Å². The van der Waals surface area contributed by atoms with Crippen LogP contribution in [0.4, 0.5) is 5.69 Å². The van der Waals surface area contributed by atoms with Crippen LogP contribution in [0, 0.1) is 0 Å². The SMILES string of the molecule is COC(=O)c1ccc(C=C2SC(=S)N(CCCC(=O)Nc3ccc(C(=O)O)cc3)C2=O)cc1. The van der Waals surface area contributed by atoms with Crippen molar-refractivity contribution >= 4 is 63.8 Å². The van der Waals surface area contributed by atoms with Gasteiger partial charge in [0.05, 0.1) is 23.1 Å². The first-order chi connectivity index (χ1) is 15.8. The molecule has 0 saturated carbocycles. The van der Waals surface area contributed by atoms with Crippen LogP contribution in [0.2, 0.25) is 0 Å². The first-order valence-corrected chi connectivity index (χ1v) is 11.1. The van der Waals surface area contributed by atoms with Crippen molar-refractivity contribution in [1.29, 1.82) is 0 Å². The number of anilines is 1. The molecule has 1 saturated heterocycles. The number of carboxylic acid groups (broad SMARTS) is 1. The second-order valence-corrected chi connectivity index (χ2v) is 8.66. The molecule has 8 nitrogen and oxygen atoms in total. The normalized spacial score (nSPS) is 14.5. The Morgan fingerprint density at radius 2 is 1.73 bits per heavy atom. The predicted octanol–water partition coefficient (Wildman–Crippen LogP) is 3.79. The Hall–Kier alpha value is -3.50. The molecule has 2 aromatic rings. The number of amides is 2. The molecule has 0 bridgehead atoms. The van der Waals surface area contributed by atoms with Crippen molar-refractivity contribution in [3.8, 4) is 0 Å². The van der Waals surface area contributed by atoms with E-state index in [0.717, 1.165) is 5.56 Å². The molecular formula is C23H20N2O6S2. The summed E-state index contributed by atoms with van der Waals surface area (Å²) >= 11 is 6.50. The number of ether oxygens (including phenoxy) is 1. The minimum absolute atomic E-state index is 0.134. The summed E-state index contributed by atoms with van der Waals surface area (Å²) in [5, 5.41) is 11.6. The van der Waals surface area contributed by atoms with Gasteiger partial charge in [0.25, 0.3) is 5.91 Å². The molecule has 170 valence electrons. The van der Waals surface area contributed by atoms with E-state index in [0.29, 0.717) is 33.4 Å². The monoisotopic (exact) mass is 484 g/mol. The molecule has 2 N–H and O–H groups in total. The van der Waals surface area contributed by atoms with Crippen molar-refractivity contribution in [3.63, 3.8) is 0 Å². The second kappa shape index (κ2) is 10.9. The maximum atomic E-state index is 12.7. The van der Waals surface area contributed by atoms with Crippen LogP contribution in [-0.2, 0) is 14.3 Å². The van der Waals surface area contributed by atoms with Gasteiger partial charge < -0.3 is 15.2 Å². The summed E-state index contributed by atoms with van der Waals surface area (Å²) in [7, 11) is 1.31. The van der Waals surface area contributed by atoms with Crippen LogP contribution < -0.4 is 5.32 Å². The number of methoxy groups -OCH3 is 1. The average Bonchev–Trinajstić information content (AvgIpc) is 3.06. The number of benzene rings is 2. The van der Waals surface area contributed by atoms with Crippen molar-refractivity contribution in [2.45, 2.75) is 12.8 Å². The number of aromatic carboxylic acids is 1. The molecule has 2 amide bonds. The van der Waals surface area contributed by atoms with Gasteiger partial charge in [0, 0.05) is 18.7 Å². The number of thioether (sulfide) groups is 1. The second-order valence-electron chi connectivity index (χ2n) is 6.98. The number of nitrogens with one attached hydrogen (secondary N) is 1. The summed E-state index contributed by atoms with van der Waals surface area (Å²) in [5.41, 5.74) is 1.79. The first kappa shape index (κ1) is 24.1. The van der Waals surface area contributed by atoms with Gasteiger partial charge in [0.2, 0.25) is 5.91 Å². The highest BCUT2D eigenvalue weighted by molar-refractivity contribution is 8.26. The number of esters is 1. The number of hydrogen-bond donors (Lipinski definition) is 2. The van der Waals surface area contributed by atoms with Crippen LogP contribution in [0.3, 0.4) is 0 Å². The van der Waals surface area contributed by atoms with Gasteiger partial charge in [0.1, 0.15) is 4.32 Å². The molecule has 33 heavy (non-hydrogen) atoms. The molecule has 1 aliphatic rings. The van der Waals surface area contributed by atoms with Gasteiger partial charge in [-0.15, -0.1) is 0 Å². The van der Waals surface area contributed by atoms with Crippen LogP contribution in [0.15, 0.2) is 53.4 Å². The lowest BCUT2D eigenvalue weighted by Crippen LogP contribution is -2.29. The van der Waals surface area contributed by atoms with Crippen LogP contribution in [0.25, 0.3) is 6.08 Å². The minimum Gasteiger partial charge on any atom is -0.478 e. The number of thiocarbonyl (C=S) groups is 1. The smallest absolute Gasteiger partial charge is 0.337 e. The predicted molar refractivity (Wildman–Crippen MR) is 129 cm³/mol. The standard InChI is InChI=1S/C23H20N2O6S2/c1-31-22(30)16-6-4-14(5-7-16)13-18-20(27)25(23(32)33-18)12-2-3-19(26)24-17-10-8-15(9-11-17)21(28)29/h4-11,13H,2-3,12H2,1H3,(H,24,26)(H,28,29).